The molecule has 0 aliphatic heterocycles. The minimum atomic E-state index is -3.96. The fourth-order valence-electron chi connectivity index (χ4n) is 3.09. The van der Waals surface area contributed by atoms with E-state index in [1.165, 1.54) is 12.8 Å². The highest BCUT2D eigenvalue weighted by Crippen LogP contribution is 2.47. The van der Waals surface area contributed by atoms with Crippen LogP contribution in [-0.2, 0) is 10.4 Å². The van der Waals surface area contributed by atoms with E-state index in [2.05, 4.69) is 25.8 Å². The summed E-state index contributed by atoms with van der Waals surface area (Å²) in [4.78, 5) is 15.7. The van der Waals surface area contributed by atoms with Crippen molar-refractivity contribution >= 4 is 17.2 Å². The van der Waals surface area contributed by atoms with Crippen molar-refractivity contribution in [1.29, 1.82) is 0 Å². The second kappa shape index (κ2) is 13.3. The van der Waals surface area contributed by atoms with E-state index in [0.29, 0.717) is 12.2 Å². The predicted octanol–water partition coefficient (Wildman–Crippen LogP) is 8.48. The van der Waals surface area contributed by atoms with Crippen molar-refractivity contribution in [3.8, 4) is 0 Å². The second-order valence-corrected chi connectivity index (χ2v) is 10.1. The van der Waals surface area contributed by atoms with Crippen molar-refractivity contribution in [3.05, 3.63) is 29.3 Å². The van der Waals surface area contributed by atoms with Gasteiger partial charge in [-0.05, 0) is 75.5 Å². The zero-order chi connectivity index (χ0) is 26.0. The third-order valence-corrected chi connectivity index (χ3v) is 5.86. The van der Waals surface area contributed by atoms with Crippen LogP contribution in [0.4, 0.5) is 18.9 Å². The molecule has 1 aromatic rings. The van der Waals surface area contributed by atoms with Crippen molar-refractivity contribution < 1.29 is 23.1 Å². The first-order valence-corrected chi connectivity index (χ1v) is 11.9. The Morgan fingerprint density at radius 1 is 1.06 bits per heavy atom. The van der Waals surface area contributed by atoms with Gasteiger partial charge in [0, 0.05) is 25.0 Å². The van der Waals surface area contributed by atoms with Gasteiger partial charge in [-0.15, -0.1) is 0 Å². The zero-order valence-electron chi connectivity index (χ0n) is 22.0. The maximum atomic E-state index is 11.2. The number of ketones is 1. The third kappa shape index (κ3) is 13.6. The van der Waals surface area contributed by atoms with Crippen molar-refractivity contribution in [2.45, 2.75) is 113 Å². The first-order valence-electron chi connectivity index (χ1n) is 11.9. The molecule has 1 fully saturated rings. The molecule has 0 aromatic heterocycles. The number of hydrogen-bond acceptors (Lipinski definition) is 3. The Morgan fingerprint density at radius 3 is 1.91 bits per heavy atom. The Kier molecular flexibility index (Phi) is 12.6. The summed E-state index contributed by atoms with van der Waals surface area (Å²) in [6, 6.07) is 5.92. The van der Waals surface area contributed by atoms with E-state index in [-0.39, 0.29) is 5.41 Å². The second-order valence-electron chi connectivity index (χ2n) is 10.1. The number of aliphatic imine (C=N–C) groups is 1. The molecule has 1 N–H and O–H groups in total. The number of rotatable bonds is 7. The largest absolute Gasteiger partial charge is 0.388 e. The lowest BCUT2D eigenvalue weighted by Crippen LogP contribution is -2.18. The maximum absolute atomic E-state index is 11.2. The first kappa shape index (κ1) is 31.3. The Labute approximate surface area is 198 Å². The smallest absolute Gasteiger partial charge is 0.386 e. The van der Waals surface area contributed by atoms with E-state index >= 15 is 0 Å². The Bertz CT molecular complexity index is 771. The summed E-state index contributed by atoms with van der Waals surface area (Å²) in [6.07, 6.45) is 0.442. The van der Waals surface area contributed by atoms with Crippen molar-refractivity contribution in [2.24, 2.45) is 16.3 Å². The van der Waals surface area contributed by atoms with Gasteiger partial charge >= 0.3 is 6.18 Å². The molecule has 1 aromatic carbocycles. The summed E-state index contributed by atoms with van der Waals surface area (Å²) >= 11 is 0. The molecule has 3 nitrogen and oxygen atoms in total. The zero-order valence-corrected chi connectivity index (χ0v) is 22.0. The molecule has 0 spiro atoms. The molecule has 6 heteroatoms. The van der Waals surface area contributed by atoms with E-state index in [1.807, 2.05) is 39.0 Å². The van der Waals surface area contributed by atoms with E-state index in [1.54, 1.807) is 13.8 Å². The minimum Gasteiger partial charge on any atom is -0.386 e. The molecule has 33 heavy (non-hydrogen) atoms. The molecule has 0 radical (unpaired) electrons. The molecule has 0 bridgehead atoms. The lowest BCUT2D eigenvalue weighted by atomic mass is 9.82. The van der Waals surface area contributed by atoms with Gasteiger partial charge in [-0.1, -0.05) is 46.8 Å². The van der Waals surface area contributed by atoms with Crippen molar-refractivity contribution in [2.75, 3.05) is 0 Å². The number of Topliss-reactive ketones (excluding diaryl/α,β-unsaturated/α-hetero) is 1. The van der Waals surface area contributed by atoms with Crippen LogP contribution in [-0.4, -0.2) is 22.8 Å². The number of carbonyl (C=O) groups excluding carboxylic acids is 1. The van der Waals surface area contributed by atoms with Crippen LogP contribution in [0.5, 0.6) is 0 Å². The average molecular weight is 472 g/mol. The molecule has 1 saturated carbocycles. The van der Waals surface area contributed by atoms with Crippen molar-refractivity contribution in [3.63, 3.8) is 0 Å². The topological polar surface area (TPSA) is 49.7 Å². The van der Waals surface area contributed by atoms with Crippen LogP contribution >= 0.6 is 0 Å². The highest BCUT2D eigenvalue weighted by molar-refractivity contribution is 5.84. The van der Waals surface area contributed by atoms with Gasteiger partial charge in [0.2, 0.25) is 0 Å². The lowest BCUT2D eigenvalue weighted by Gasteiger charge is -2.22. The highest BCUT2D eigenvalue weighted by atomic mass is 19.4. The van der Waals surface area contributed by atoms with Gasteiger partial charge in [0.15, 0.2) is 0 Å². The fraction of sp³-hybridized carbons (Fsp3) is 0.704. The van der Waals surface area contributed by atoms with Crippen LogP contribution in [0.15, 0.2) is 23.2 Å². The Hall–Kier alpha value is -1.69. The summed E-state index contributed by atoms with van der Waals surface area (Å²) < 4.78 is 32.4. The molecule has 0 saturated heterocycles. The minimum absolute atomic E-state index is 0.285. The Balaban J connectivity index is 0.000000520. The number of hydrogen-bond donors (Lipinski definition) is 1. The molecule has 190 valence electrons. The number of halogens is 3. The summed E-state index contributed by atoms with van der Waals surface area (Å²) in [5.74, 6) is 1.25. The molecule has 0 amide bonds. The summed E-state index contributed by atoms with van der Waals surface area (Å²) in [5, 5.41) is 9.90. The van der Waals surface area contributed by atoms with E-state index in [9.17, 15) is 23.1 Å². The first-order chi connectivity index (χ1) is 15.0. The van der Waals surface area contributed by atoms with E-state index in [4.69, 9.17) is 0 Å². The average Bonchev–Trinajstić information content (AvgIpc) is 3.54. The number of nitrogens with zero attached hydrogens (tertiary/aromatic N) is 1. The normalized spacial score (nSPS) is 14.6. The molecule has 2 rings (SSSR count). The quantitative estimate of drug-likeness (QED) is 0.405. The van der Waals surface area contributed by atoms with Gasteiger partial charge in [0.25, 0.3) is 0 Å². The van der Waals surface area contributed by atoms with E-state index < -0.39 is 18.2 Å². The number of carbonyl (C=O) groups is 1. The predicted molar refractivity (Wildman–Crippen MR) is 132 cm³/mol. The van der Waals surface area contributed by atoms with Crippen LogP contribution in [0.2, 0.25) is 0 Å². The number of benzene rings is 1. The third-order valence-electron chi connectivity index (χ3n) is 5.86. The van der Waals surface area contributed by atoms with Gasteiger partial charge in [-0.2, -0.15) is 13.2 Å². The molecule has 0 atom stereocenters. The highest BCUT2D eigenvalue weighted by Gasteiger charge is 2.38. The lowest BCUT2D eigenvalue weighted by molar-refractivity contribution is -0.130. The number of alkyl halides is 3. The van der Waals surface area contributed by atoms with Gasteiger partial charge in [-0.25, -0.2) is 0 Å². The molecular formula is C27H44F3NO2. The van der Waals surface area contributed by atoms with Crippen LogP contribution < -0.4 is 0 Å². The van der Waals surface area contributed by atoms with Gasteiger partial charge in [-0.3, -0.25) is 9.79 Å². The molecule has 0 unspecified atom stereocenters. The van der Waals surface area contributed by atoms with Crippen LogP contribution in [0.3, 0.4) is 0 Å². The number of aryl methyl sites for hydroxylation is 1. The molecular weight excluding hydrogens is 427 g/mol. The fourth-order valence-corrected chi connectivity index (χ4v) is 3.09. The standard InChI is InChI=1S/C14H21NO.C10H18O.C3H5F3/c1-6-11(3)15-13-8-7-12(9-10(13)2)14(4,5)16;1-4-9(11)7-10(2,3)8-5-6-8;1-2-3(4,5)6/h7-9,16H,6H2,1-5H3;8H,4-7H2,1-3H3;2H2,1H3. The van der Waals surface area contributed by atoms with Gasteiger partial charge in [0.1, 0.15) is 5.78 Å². The van der Waals surface area contributed by atoms with Crippen LogP contribution in [0.1, 0.15) is 105 Å². The van der Waals surface area contributed by atoms with E-state index in [0.717, 1.165) is 48.2 Å². The molecule has 1 aliphatic rings. The summed E-state index contributed by atoms with van der Waals surface area (Å²) in [7, 11) is 0. The summed E-state index contributed by atoms with van der Waals surface area (Å²) in [5.41, 5.74) is 3.65. The SMILES string of the molecule is CCC(=O)CC(C)(C)C1CC1.CCC(C)=Nc1ccc(C(C)(C)O)cc1C.CCC(F)(F)F. The van der Waals surface area contributed by atoms with Crippen LogP contribution in [0.25, 0.3) is 0 Å². The monoisotopic (exact) mass is 471 g/mol. The van der Waals surface area contributed by atoms with Gasteiger partial charge < -0.3 is 5.11 Å². The van der Waals surface area contributed by atoms with Crippen molar-refractivity contribution in [1.82, 2.24) is 0 Å². The Morgan fingerprint density at radius 2 is 1.58 bits per heavy atom. The molecule has 1 aliphatic carbocycles. The van der Waals surface area contributed by atoms with Crippen LogP contribution in [0, 0.1) is 18.3 Å². The molecule has 0 heterocycles. The summed E-state index contributed by atoms with van der Waals surface area (Å²) in [6.45, 7) is 17.2. The maximum Gasteiger partial charge on any atom is 0.388 e. The van der Waals surface area contributed by atoms with Gasteiger partial charge in [0.05, 0.1) is 11.3 Å². The number of aliphatic hydroxyl groups is 1.